The summed E-state index contributed by atoms with van der Waals surface area (Å²) in [5.74, 6) is -0.243. The highest BCUT2D eigenvalue weighted by Crippen LogP contribution is 2.16. The van der Waals surface area contributed by atoms with E-state index in [2.05, 4.69) is 5.32 Å². The molecule has 26 heavy (non-hydrogen) atoms. The number of nitrogens with one attached hydrogen (secondary N) is 1. The van der Waals surface area contributed by atoms with E-state index in [-0.39, 0.29) is 18.0 Å². The van der Waals surface area contributed by atoms with Gasteiger partial charge in [-0.25, -0.2) is 0 Å². The topological polar surface area (TPSA) is 55.5 Å². The molecule has 0 aliphatic carbocycles. The molecule has 1 N–H and O–H groups in total. The highest BCUT2D eigenvalue weighted by Gasteiger charge is 2.13. The van der Waals surface area contributed by atoms with E-state index < -0.39 is 0 Å². The number of carbonyl (C=O) groups is 1. The summed E-state index contributed by atoms with van der Waals surface area (Å²) in [6.07, 6.45) is 1.85. The zero-order chi connectivity index (χ0) is 18.1. The minimum atomic E-state index is -0.243. The molecule has 0 unspecified atom stereocenters. The second kappa shape index (κ2) is 6.69. The first-order chi connectivity index (χ1) is 12.6. The average Bonchev–Trinajstić information content (AvgIpc) is 3.15. The quantitative estimate of drug-likeness (QED) is 0.603. The number of hydrogen-bond donors (Lipinski definition) is 1. The summed E-state index contributed by atoms with van der Waals surface area (Å²) in [6, 6.07) is 18.5. The number of rotatable bonds is 4. The summed E-state index contributed by atoms with van der Waals surface area (Å²) < 4.78 is 3.35. The van der Waals surface area contributed by atoms with Gasteiger partial charge in [-0.15, -0.1) is 0 Å². The lowest BCUT2D eigenvalue weighted by Crippen LogP contribution is -2.33. The van der Waals surface area contributed by atoms with Crippen LogP contribution in [0.5, 0.6) is 0 Å². The average molecular weight is 366 g/mol. The summed E-state index contributed by atoms with van der Waals surface area (Å²) in [7, 11) is 0. The van der Waals surface area contributed by atoms with E-state index in [9.17, 15) is 9.59 Å². The second-order valence-electron chi connectivity index (χ2n) is 6.01. The molecule has 0 bridgehead atoms. The molecule has 4 aromatic rings. The Morgan fingerprint density at radius 1 is 0.923 bits per heavy atom. The Morgan fingerprint density at radius 3 is 2.42 bits per heavy atom. The summed E-state index contributed by atoms with van der Waals surface area (Å²) >= 11 is 6.11. The van der Waals surface area contributed by atoms with Crippen LogP contribution in [0.2, 0.25) is 5.02 Å². The highest BCUT2D eigenvalue weighted by molar-refractivity contribution is 6.31. The van der Waals surface area contributed by atoms with Crippen molar-refractivity contribution < 1.29 is 4.79 Å². The highest BCUT2D eigenvalue weighted by atomic mass is 35.5. The number of amides is 1. The number of hydrogen-bond acceptors (Lipinski definition) is 2. The molecule has 2 aromatic carbocycles. The third-order valence-electron chi connectivity index (χ3n) is 4.38. The van der Waals surface area contributed by atoms with Crippen molar-refractivity contribution in [3.8, 4) is 0 Å². The first-order valence-corrected chi connectivity index (χ1v) is 8.61. The Kier molecular flexibility index (Phi) is 4.22. The van der Waals surface area contributed by atoms with Crippen LogP contribution < -0.4 is 10.9 Å². The van der Waals surface area contributed by atoms with Crippen molar-refractivity contribution in [1.29, 1.82) is 0 Å². The molecule has 130 valence electrons. The van der Waals surface area contributed by atoms with Crippen molar-refractivity contribution in [2.75, 3.05) is 0 Å². The predicted octanol–water partition coefficient (Wildman–Crippen LogP) is 3.22. The number of para-hydroxylation sites is 2. The molecule has 2 heterocycles. The summed E-state index contributed by atoms with van der Waals surface area (Å²) in [5.41, 5.74) is 2.78. The van der Waals surface area contributed by atoms with Gasteiger partial charge in [0, 0.05) is 17.8 Å². The zero-order valence-corrected chi connectivity index (χ0v) is 14.6. The smallest absolute Gasteiger partial charge is 0.275 e. The Hall–Kier alpha value is -3.05. The van der Waals surface area contributed by atoms with Crippen LogP contribution in [0.25, 0.3) is 16.6 Å². The summed E-state index contributed by atoms with van der Waals surface area (Å²) in [5, 5.41) is 3.43. The minimum absolute atomic E-state index is 0.0501. The van der Waals surface area contributed by atoms with Gasteiger partial charge in [0.15, 0.2) is 0 Å². The van der Waals surface area contributed by atoms with E-state index >= 15 is 0 Å². The first-order valence-electron chi connectivity index (χ1n) is 8.24. The number of benzene rings is 2. The zero-order valence-electron chi connectivity index (χ0n) is 13.9. The number of nitrogens with zero attached hydrogens (tertiary/aromatic N) is 2. The van der Waals surface area contributed by atoms with E-state index in [1.54, 1.807) is 12.1 Å². The molecule has 0 saturated carbocycles. The standard InChI is InChI=1S/C20H16ClN3O2/c21-15-7-2-1-6-14(15)12-22-19(25)13-24-17-9-4-3-8-16(17)23-11-5-10-18(23)20(24)26/h1-11H,12-13H2,(H,22,25). The lowest BCUT2D eigenvalue weighted by atomic mass is 10.2. The second-order valence-corrected chi connectivity index (χ2v) is 6.42. The van der Waals surface area contributed by atoms with Crippen LogP contribution in [0.1, 0.15) is 5.56 Å². The monoisotopic (exact) mass is 365 g/mol. The summed E-state index contributed by atoms with van der Waals surface area (Å²) in [4.78, 5) is 25.3. The van der Waals surface area contributed by atoms with E-state index in [0.29, 0.717) is 22.6 Å². The third kappa shape index (κ3) is 2.86. The predicted molar refractivity (Wildman–Crippen MR) is 102 cm³/mol. The van der Waals surface area contributed by atoms with Crippen LogP contribution in [0.15, 0.2) is 71.7 Å². The lowest BCUT2D eigenvalue weighted by molar-refractivity contribution is -0.121. The summed E-state index contributed by atoms with van der Waals surface area (Å²) in [6.45, 7) is 0.268. The van der Waals surface area contributed by atoms with Crippen molar-refractivity contribution in [3.63, 3.8) is 0 Å². The van der Waals surface area contributed by atoms with E-state index in [1.165, 1.54) is 4.57 Å². The lowest BCUT2D eigenvalue weighted by Gasteiger charge is -2.13. The molecule has 0 fully saturated rings. The molecule has 6 heteroatoms. The van der Waals surface area contributed by atoms with Gasteiger partial charge in [-0.3, -0.25) is 14.2 Å². The Balaban J connectivity index is 1.66. The molecule has 0 spiro atoms. The molecule has 0 saturated heterocycles. The molecule has 0 atom stereocenters. The molecular weight excluding hydrogens is 350 g/mol. The SMILES string of the molecule is O=C(Cn1c(=O)c2cccn2c2ccccc21)NCc1ccccc1Cl. The Labute approximate surface area is 154 Å². The molecular formula is C20H16ClN3O2. The van der Waals surface area contributed by atoms with Crippen molar-refractivity contribution in [2.45, 2.75) is 13.1 Å². The maximum absolute atomic E-state index is 12.8. The fourth-order valence-electron chi connectivity index (χ4n) is 3.10. The van der Waals surface area contributed by atoms with Crippen LogP contribution in [0.3, 0.4) is 0 Å². The largest absolute Gasteiger partial charge is 0.350 e. The van der Waals surface area contributed by atoms with Crippen molar-refractivity contribution in [1.82, 2.24) is 14.3 Å². The first kappa shape index (κ1) is 16.4. The molecule has 5 nitrogen and oxygen atoms in total. The van der Waals surface area contributed by atoms with Gasteiger partial charge in [-0.05, 0) is 35.9 Å². The van der Waals surface area contributed by atoms with Gasteiger partial charge in [0.2, 0.25) is 5.91 Å². The molecule has 0 radical (unpaired) electrons. The van der Waals surface area contributed by atoms with Gasteiger partial charge in [0.05, 0.1) is 11.0 Å². The van der Waals surface area contributed by atoms with Gasteiger partial charge in [-0.1, -0.05) is 41.9 Å². The van der Waals surface area contributed by atoms with Crippen molar-refractivity contribution in [2.24, 2.45) is 0 Å². The number of fused-ring (bicyclic) bond motifs is 3. The third-order valence-corrected chi connectivity index (χ3v) is 4.75. The van der Waals surface area contributed by atoms with E-state index in [4.69, 9.17) is 11.6 Å². The van der Waals surface area contributed by atoms with Crippen molar-refractivity contribution in [3.05, 3.63) is 87.8 Å². The number of carbonyl (C=O) groups excluding carboxylic acids is 1. The number of aromatic nitrogens is 2. The minimum Gasteiger partial charge on any atom is -0.350 e. The van der Waals surface area contributed by atoms with Gasteiger partial charge in [0.1, 0.15) is 12.1 Å². The fraction of sp³-hybridized carbons (Fsp3) is 0.100. The van der Waals surface area contributed by atoms with Crippen LogP contribution in [-0.4, -0.2) is 14.9 Å². The molecule has 2 aromatic heterocycles. The van der Waals surface area contributed by atoms with Crippen LogP contribution in [0.4, 0.5) is 0 Å². The van der Waals surface area contributed by atoms with Gasteiger partial charge >= 0.3 is 0 Å². The van der Waals surface area contributed by atoms with Crippen LogP contribution in [0, 0.1) is 0 Å². The molecule has 0 aliphatic rings. The Bertz CT molecular complexity index is 1180. The Morgan fingerprint density at radius 2 is 1.62 bits per heavy atom. The van der Waals surface area contributed by atoms with Gasteiger partial charge in [0.25, 0.3) is 5.56 Å². The van der Waals surface area contributed by atoms with E-state index in [1.807, 2.05) is 59.1 Å². The van der Waals surface area contributed by atoms with Crippen molar-refractivity contribution >= 4 is 34.1 Å². The maximum atomic E-state index is 12.8. The van der Waals surface area contributed by atoms with Gasteiger partial charge in [-0.2, -0.15) is 0 Å². The molecule has 4 rings (SSSR count). The van der Waals surface area contributed by atoms with E-state index in [0.717, 1.165) is 11.1 Å². The fourth-order valence-corrected chi connectivity index (χ4v) is 3.30. The van der Waals surface area contributed by atoms with Gasteiger partial charge < -0.3 is 9.72 Å². The molecule has 1 amide bonds. The normalized spacial score (nSPS) is 11.1. The maximum Gasteiger partial charge on any atom is 0.275 e. The van der Waals surface area contributed by atoms with Crippen LogP contribution >= 0.6 is 11.6 Å². The van der Waals surface area contributed by atoms with Crippen LogP contribution in [-0.2, 0) is 17.9 Å². The number of halogens is 1. The molecule has 0 aliphatic heterocycles.